The van der Waals surface area contributed by atoms with E-state index in [1.165, 1.54) is 6.92 Å². The normalized spacial score (nSPS) is 13.6. The first-order chi connectivity index (χ1) is 8.38. The van der Waals surface area contributed by atoms with Crippen molar-refractivity contribution in [3.63, 3.8) is 0 Å². The van der Waals surface area contributed by atoms with Gasteiger partial charge in [-0.25, -0.2) is 0 Å². The molecule has 0 aliphatic heterocycles. The van der Waals surface area contributed by atoms with E-state index in [1.807, 2.05) is 0 Å². The second-order valence-electron chi connectivity index (χ2n) is 4.27. The average Bonchev–Trinajstić information content (AvgIpc) is 2.29. The predicted molar refractivity (Wildman–Crippen MR) is 65.9 cm³/mol. The number of ketones is 1. The summed E-state index contributed by atoms with van der Waals surface area (Å²) in [5, 5.41) is 0. The van der Waals surface area contributed by atoms with Crippen molar-refractivity contribution in [1.29, 1.82) is 0 Å². The van der Waals surface area contributed by atoms with Crippen molar-refractivity contribution < 1.29 is 23.9 Å². The Morgan fingerprint density at radius 1 is 1.06 bits per heavy atom. The van der Waals surface area contributed by atoms with Crippen molar-refractivity contribution in [2.75, 3.05) is 13.2 Å². The van der Waals surface area contributed by atoms with Gasteiger partial charge in [-0.15, -0.1) is 0 Å². The number of carbonyl (C=O) groups excluding carboxylic acids is 3. The summed E-state index contributed by atoms with van der Waals surface area (Å²) in [7, 11) is 0. The third kappa shape index (κ3) is 4.85. The maximum absolute atomic E-state index is 11.7. The molecule has 0 rings (SSSR count). The summed E-state index contributed by atoms with van der Waals surface area (Å²) in [6.45, 7) is 6.91. The minimum absolute atomic E-state index is 0.204. The van der Waals surface area contributed by atoms with Crippen LogP contribution in [0.1, 0.15) is 47.0 Å². The smallest absolute Gasteiger partial charge is 0.319 e. The van der Waals surface area contributed by atoms with Crippen LogP contribution in [0.2, 0.25) is 0 Å². The largest absolute Gasteiger partial charge is 0.466 e. The Kier molecular flexibility index (Phi) is 7.24. The van der Waals surface area contributed by atoms with E-state index in [4.69, 9.17) is 9.47 Å². The van der Waals surface area contributed by atoms with E-state index >= 15 is 0 Å². The van der Waals surface area contributed by atoms with Crippen molar-refractivity contribution in [3.8, 4) is 0 Å². The molecule has 0 aliphatic carbocycles. The van der Waals surface area contributed by atoms with Crippen LogP contribution in [0.15, 0.2) is 0 Å². The molecule has 0 saturated heterocycles. The van der Waals surface area contributed by atoms with Crippen LogP contribution in [0, 0.1) is 5.41 Å². The van der Waals surface area contributed by atoms with E-state index in [-0.39, 0.29) is 24.8 Å². The van der Waals surface area contributed by atoms with Crippen LogP contribution >= 0.6 is 0 Å². The van der Waals surface area contributed by atoms with Gasteiger partial charge in [-0.2, -0.15) is 0 Å². The lowest BCUT2D eigenvalue weighted by atomic mass is 9.81. The number of Topliss-reactive ketones (excluding diaryl/α,β-unsaturated/α-hetero) is 1. The summed E-state index contributed by atoms with van der Waals surface area (Å²) in [6, 6.07) is 0. The highest BCUT2D eigenvalue weighted by Gasteiger charge is 2.39. The van der Waals surface area contributed by atoms with Gasteiger partial charge in [0.2, 0.25) is 0 Å². The first kappa shape index (κ1) is 16.6. The van der Waals surface area contributed by atoms with Gasteiger partial charge in [0.15, 0.2) is 0 Å². The lowest BCUT2D eigenvalue weighted by molar-refractivity contribution is -0.159. The second kappa shape index (κ2) is 7.84. The first-order valence-corrected chi connectivity index (χ1v) is 6.22. The van der Waals surface area contributed by atoms with Gasteiger partial charge in [-0.3, -0.25) is 14.4 Å². The molecule has 1 unspecified atom stereocenters. The molecule has 0 aromatic rings. The fraction of sp³-hybridized carbons (Fsp3) is 0.769. The highest BCUT2D eigenvalue weighted by molar-refractivity contribution is 6.02. The monoisotopic (exact) mass is 258 g/mol. The number of hydrogen-bond acceptors (Lipinski definition) is 5. The third-order valence-corrected chi connectivity index (χ3v) is 2.87. The lowest BCUT2D eigenvalue weighted by Crippen LogP contribution is -2.36. The van der Waals surface area contributed by atoms with E-state index in [1.54, 1.807) is 20.8 Å². The predicted octanol–water partition coefficient (Wildman–Crippen LogP) is 1.88. The number of esters is 2. The molecule has 0 saturated carbocycles. The number of rotatable bonds is 8. The second-order valence-corrected chi connectivity index (χ2v) is 4.27. The van der Waals surface area contributed by atoms with Gasteiger partial charge in [0.25, 0.3) is 0 Å². The quantitative estimate of drug-likeness (QED) is 0.491. The molecule has 0 N–H and O–H groups in total. The summed E-state index contributed by atoms with van der Waals surface area (Å²) in [5.41, 5.74) is -1.16. The SMILES string of the molecule is CCOC(=O)CCCC(C)(C(C)=O)C(=O)OCC. The Hall–Kier alpha value is -1.39. The molecule has 104 valence electrons. The van der Waals surface area contributed by atoms with E-state index in [0.29, 0.717) is 19.4 Å². The lowest BCUT2D eigenvalue weighted by Gasteiger charge is -2.23. The topological polar surface area (TPSA) is 69.7 Å². The molecule has 0 aliphatic rings. The van der Waals surface area contributed by atoms with Crippen LogP contribution in [0.25, 0.3) is 0 Å². The molecule has 5 heteroatoms. The standard InChI is InChI=1S/C13H22O5/c1-5-17-11(15)8-7-9-13(4,10(3)14)12(16)18-6-2/h5-9H2,1-4H3. The van der Waals surface area contributed by atoms with E-state index in [9.17, 15) is 14.4 Å². The Bertz CT molecular complexity index is 311. The summed E-state index contributed by atoms with van der Waals surface area (Å²) in [6.07, 6.45) is 0.920. The number of ether oxygens (including phenoxy) is 2. The molecule has 0 heterocycles. The maximum Gasteiger partial charge on any atom is 0.319 e. The van der Waals surface area contributed by atoms with E-state index in [2.05, 4.69) is 0 Å². The van der Waals surface area contributed by atoms with Crippen molar-refractivity contribution in [3.05, 3.63) is 0 Å². The van der Waals surface area contributed by atoms with Gasteiger partial charge in [-0.05, 0) is 40.5 Å². The summed E-state index contributed by atoms with van der Waals surface area (Å²) < 4.78 is 9.68. The van der Waals surface area contributed by atoms with Crippen molar-refractivity contribution in [2.45, 2.75) is 47.0 Å². The average molecular weight is 258 g/mol. The fourth-order valence-electron chi connectivity index (χ4n) is 1.53. The Labute approximate surface area is 108 Å². The molecule has 1 atom stereocenters. The molecule has 18 heavy (non-hydrogen) atoms. The Morgan fingerprint density at radius 3 is 2.06 bits per heavy atom. The zero-order valence-corrected chi connectivity index (χ0v) is 11.6. The minimum atomic E-state index is -1.16. The van der Waals surface area contributed by atoms with Gasteiger partial charge < -0.3 is 9.47 Å². The molecule has 0 amide bonds. The fourth-order valence-corrected chi connectivity index (χ4v) is 1.53. The van der Waals surface area contributed by atoms with Crippen LogP contribution in [-0.4, -0.2) is 30.9 Å². The molecule has 0 aromatic carbocycles. The Morgan fingerprint density at radius 2 is 1.61 bits per heavy atom. The highest BCUT2D eigenvalue weighted by atomic mass is 16.5. The molecule has 0 aromatic heterocycles. The zero-order valence-electron chi connectivity index (χ0n) is 11.6. The molecule has 0 bridgehead atoms. The summed E-state index contributed by atoms with van der Waals surface area (Å²) >= 11 is 0. The van der Waals surface area contributed by atoms with E-state index in [0.717, 1.165) is 0 Å². The number of hydrogen-bond donors (Lipinski definition) is 0. The van der Waals surface area contributed by atoms with E-state index < -0.39 is 11.4 Å². The van der Waals surface area contributed by atoms with Crippen molar-refractivity contribution in [1.82, 2.24) is 0 Å². The molecular formula is C13H22O5. The van der Waals surface area contributed by atoms with Crippen LogP contribution in [0.5, 0.6) is 0 Å². The molecular weight excluding hydrogens is 236 g/mol. The third-order valence-electron chi connectivity index (χ3n) is 2.87. The minimum Gasteiger partial charge on any atom is -0.466 e. The first-order valence-electron chi connectivity index (χ1n) is 6.22. The Balaban J connectivity index is 4.41. The number of carbonyl (C=O) groups is 3. The molecule has 5 nitrogen and oxygen atoms in total. The summed E-state index contributed by atoms with van der Waals surface area (Å²) in [4.78, 5) is 34.5. The van der Waals surface area contributed by atoms with Gasteiger partial charge in [0, 0.05) is 6.42 Å². The molecule has 0 spiro atoms. The van der Waals surface area contributed by atoms with Crippen LogP contribution in [-0.2, 0) is 23.9 Å². The van der Waals surface area contributed by atoms with Crippen molar-refractivity contribution in [2.24, 2.45) is 5.41 Å². The van der Waals surface area contributed by atoms with Crippen LogP contribution < -0.4 is 0 Å². The van der Waals surface area contributed by atoms with Gasteiger partial charge in [0.05, 0.1) is 13.2 Å². The van der Waals surface area contributed by atoms with Gasteiger partial charge in [0.1, 0.15) is 11.2 Å². The summed E-state index contributed by atoms with van der Waals surface area (Å²) in [5.74, 6) is -1.08. The van der Waals surface area contributed by atoms with Crippen LogP contribution in [0.4, 0.5) is 0 Å². The highest BCUT2D eigenvalue weighted by Crippen LogP contribution is 2.27. The van der Waals surface area contributed by atoms with Gasteiger partial charge in [-0.1, -0.05) is 0 Å². The van der Waals surface area contributed by atoms with Crippen molar-refractivity contribution >= 4 is 17.7 Å². The zero-order chi connectivity index (χ0) is 14.2. The molecule has 0 fully saturated rings. The van der Waals surface area contributed by atoms with Crippen LogP contribution in [0.3, 0.4) is 0 Å². The maximum atomic E-state index is 11.7. The van der Waals surface area contributed by atoms with Gasteiger partial charge >= 0.3 is 11.9 Å². The molecule has 0 radical (unpaired) electrons.